The van der Waals surface area contributed by atoms with Crippen LogP contribution in [-0.2, 0) is 37.0 Å². The van der Waals surface area contributed by atoms with E-state index in [0.717, 1.165) is 38.4 Å². The Balaban J connectivity index is 1.16. The number of carbonyl (C=O) groups excluding carboxylic acids is 1. The van der Waals surface area contributed by atoms with Crippen molar-refractivity contribution in [3.05, 3.63) is 50.9 Å². The molecule has 1 aliphatic carbocycles. The van der Waals surface area contributed by atoms with Crippen molar-refractivity contribution < 1.29 is 32.5 Å². The molecule has 5 aliphatic rings. The van der Waals surface area contributed by atoms with E-state index in [1.165, 1.54) is 26.0 Å². The summed E-state index contributed by atoms with van der Waals surface area (Å²) >= 11 is 6.10. The first kappa shape index (κ1) is 32.4. The first-order valence-corrected chi connectivity index (χ1v) is 17.1. The molecule has 0 radical (unpaired) electrons. The highest BCUT2D eigenvalue weighted by molar-refractivity contribution is 6.31. The first-order chi connectivity index (χ1) is 23.4. The van der Waals surface area contributed by atoms with Gasteiger partial charge in [-0.05, 0) is 68.2 Å². The minimum absolute atomic E-state index is 0.00228. The zero-order chi connectivity index (χ0) is 34.3. The summed E-state index contributed by atoms with van der Waals surface area (Å²) < 4.78 is 57.0. The number of aromatic nitrogens is 4. The van der Waals surface area contributed by atoms with Crippen LogP contribution in [0.3, 0.4) is 0 Å². The molecule has 12 nitrogen and oxygen atoms in total. The zero-order valence-corrected chi connectivity index (χ0v) is 27.8. The number of nitrogens with one attached hydrogen (secondary N) is 1. The average molecular weight is 703 g/mol. The predicted octanol–water partition coefficient (Wildman–Crippen LogP) is 4.61. The Labute approximate surface area is 285 Å². The van der Waals surface area contributed by atoms with Gasteiger partial charge in [0.2, 0.25) is 0 Å². The predicted molar refractivity (Wildman–Crippen MR) is 172 cm³/mol. The molecule has 262 valence electrons. The van der Waals surface area contributed by atoms with Gasteiger partial charge in [0.1, 0.15) is 18.1 Å². The number of alkyl halides is 3. The van der Waals surface area contributed by atoms with Crippen LogP contribution < -0.4 is 20.7 Å². The third-order valence-electron chi connectivity index (χ3n) is 10.9. The van der Waals surface area contributed by atoms with Gasteiger partial charge in [-0.3, -0.25) is 14.4 Å². The Morgan fingerprint density at radius 3 is 2.78 bits per heavy atom. The van der Waals surface area contributed by atoms with E-state index in [1.54, 1.807) is 4.68 Å². The van der Waals surface area contributed by atoms with Gasteiger partial charge in [0.25, 0.3) is 5.91 Å². The van der Waals surface area contributed by atoms with Gasteiger partial charge in [-0.15, -0.1) is 0 Å². The molecule has 3 aromatic rings. The molecule has 2 atom stereocenters. The van der Waals surface area contributed by atoms with Crippen molar-refractivity contribution in [3.8, 4) is 11.8 Å². The van der Waals surface area contributed by atoms with Crippen LogP contribution in [-0.4, -0.2) is 74.5 Å². The average Bonchev–Trinajstić information content (AvgIpc) is 3.55. The van der Waals surface area contributed by atoms with Gasteiger partial charge in [-0.2, -0.15) is 28.2 Å². The van der Waals surface area contributed by atoms with Crippen molar-refractivity contribution in [3.63, 3.8) is 0 Å². The monoisotopic (exact) mass is 702 g/mol. The summed E-state index contributed by atoms with van der Waals surface area (Å²) in [6, 6.07) is 2.49. The fraction of sp³-hybridized carbons (Fsp3) is 0.576. The lowest BCUT2D eigenvalue weighted by Gasteiger charge is -2.33. The summed E-state index contributed by atoms with van der Waals surface area (Å²) in [6.07, 6.45) is 0.543. The number of nitrogens with two attached hydrogens (primary N) is 1. The van der Waals surface area contributed by atoms with Crippen molar-refractivity contribution >= 4 is 29.0 Å². The van der Waals surface area contributed by atoms with E-state index in [4.69, 9.17) is 36.8 Å². The molecule has 16 heteroatoms. The molecule has 1 amide bonds. The number of rotatable bonds is 6. The Morgan fingerprint density at radius 1 is 1.20 bits per heavy atom. The molecule has 49 heavy (non-hydrogen) atoms. The van der Waals surface area contributed by atoms with E-state index in [2.05, 4.69) is 15.3 Å². The molecule has 2 unspecified atom stereocenters. The lowest BCUT2D eigenvalue weighted by molar-refractivity contribution is -0.139. The second kappa shape index (κ2) is 11.6. The summed E-state index contributed by atoms with van der Waals surface area (Å²) in [5.74, 6) is -0.211. The molecule has 1 spiro atoms. The molecule has 0 bridgehead atoms. The summed E-state index contributed by atoms with van der Waals surface area (Å²) in [5, 5.41) is 17.4. The minimum atomic E-state index is -4.73. The SMILES string of the molecule is CNC(=O)c1nn2c(c1O)CN(c1nc(OCC34CCCN3CC3(CC3)C4)nc3c1COC(c1cc(N)cc(Cl)c1C(F)(F)F)C3)CCC2. The standard InChI is InChI=1S/C33H38ClF3N8O4/c1-39-29(47)26-27(46)23-13-43(7-3-9-45(23)42-26)28-20-14-48-24(19-10-18(38)11-21(34)25(19)33(35,36)37)12-22(20)40-30(41-28)49-17-32-4-2-8-44(32)16-31(15-32)5-6-31/h10-11,24,46H,2-9,12-17,38H2,1H3,(H,39,47). The summed E-state index contributed by atoms with van der Waals surface area (Å²) in [4.78, 5) is 26.6. The van der Waals surface area contributed by atoms with Crippen LogP contribution in [0, 0.1) is 5.41 Å². The third kappa shape index (κ3) is 5.63. The maximum absolute atomic E-state index is 14.3. The van der Waals surface area contributed by atoms with Crippen molar-refractivity contribution in [1.29, 1.82) is 0 Å². The molecule has 2 aromatic heterocycles. The molecule has 6 heterocycles. The van der Waals surface area contributed by atoms with E-state index in [1.807, 2.05) is 4.90 Å². The van der Waals surface area contributed by atoms with Crippen LogP contribution >= 0.6 is 11.6 Å². The lowest BCUT2D eigenvalue weighted by Crippen LogP contribution is -2.43. The molecule has 4 aliphatic heterocycles. The molecule has 8 rings (SSSR count). The smallest absolute Gasteiger partial charge is 0.418 e. The second-order valence-corrected chi connectivity index (χ2v) is 14.6. The summed E-state index contributed by atoms with van der Waals surface area (Å²) in [6.45, 7) is 3.61. The number of halogens is 4. The quantitative estimate of drug-likeness (QED) is 0.312. The summed E-state index contributed by atoms with van der Waals surface area (Å²) in [5.41, 5.74) is 6.72. The van der Waals surface area contributed by atoms with Gasteiger partial charge >= 0.3 is 12.2 Å². The van der Waals surface area contributed by atoms with E-state index >= 15 is 0 Å². The number of aromatic hydroxyl groups is 1. The molecule has 4 N–H and O–H groups in total. The molecular weight excluding hydrogens is 665 g/mol. The van der Waals surface area contributed by atoms with Crippen LogP contribution in [0.5, 0.6) is 11.8 Å². The lowest BCUT2D eigenvalue weighted by atomic mass is 9.89. The number of benzene rings is 1. The number of carbonyl (C=O) groups is 1. The molecule has 2 saturated heterocycles. The number of hydrogen-bond donors (Lipinski definition) is 3. The van der Waals surface area contributed by atoms with Gasteiger partial charge < -0.3 is 30.5 Å². The van der Waals surface area contributed by atoms with Gasteiger partial charge in [-0.1, -0.05) is 11.6 Å². The molecular formula is C33H38ClF3N8O4. The van der Waals surface area contributed by atoms with Crippen LogP contribution in [0.2, 0.25) is 5.02 Å². The Bertz CT molecular complexity index is 1830. The van der Waals surface area contributed by atoms with E-state index < -0.39 is 28.8 Å². The first-order valence-electron chi connectivity index (χ1n) is 16.7. The fourth-order valence-corrected chi connectivity index (χ4v) is 8.78. The van der Waals surface area contributed by atoms with Gasteiger partial charge in [0.15, 0.2) is 11.4 Å². The highest BCUT2D eigenvalue weighted by Gasteiger charge is 2.60. The van der Waals surface area contributed by atoms with Gasteiger partial charge in [-0.25, -0.2) is 0 Å². The number of nitrogen functional groups attached to an aromatic ring is 1. The van der Waals surface area contributed by atoms with E-state index in [0.29, 0.717) is 54.3 Å². The minimum Gasteiger partial charge on any atom is -0.504 e. The molecule has 1 saturated carbocycles. The maximum Gasteiger partial charge on any atom is 0.418 e. The van der Waals surface area contributed by atoms with Crippen molar-refractivity contribution in [2.24, 2.45) is 5.41 Å². The van der Waals surface area contributed by atoms with Crippen molar-refractivity contribution in [2.45, 2.75) is 82.5 Å². The zero-order valence-electron chi connectivity index (χ0n) is 27.1. The summed E-state index contributed by atoms with van der Waals surface area (Å²) in [7, 11) is 1.47. The number of fused-ring (bicyclic) bond motifs is 3. The Hall–Kier alpha value is -3.82. The Morgan fingerprint density at radius 2 is 2.02 bits per heavy atom. The highest BCUT2D eigenvalue weighted by Crippen LogP contribution is 2.60. The second-order valence-electron chi connectivity index (χ2n) is 14.2. The van der Waals surface area contributed by atoms with Crippen molar-refractivity contribution in [2.75, 3.05) is 43.9 Å². The van der Waals surface area contributed by atoms with Crippen LogP contribution in [0.4, 0.5) is 24.7 Å². The molecule has 3 fully saturated rings. The van der Waals surface area contributed by atoms with Crippen LogP contribution in [0.25, 0.3) is 0 Å². The van der Waals surface area contributed by atoms with Gasteiger partial charge in [0, 0.05) is 44.4 Å². The largest absolute Gasteiger partial charge is 0.504 e. The van der Waals surface area contributed by atoms with Gasteiger partial charge in [0.05, 0.1) is 41.1 Å². The normalized spacial score (nSPS) is 24.3. The van der Waals surface area contributed by atoms with Crippen LogP contribution in [0.1, 0.15) is 83.2 Å². The van der Waals surface area contributed by atoms with E-state index in [-0.39, 0.29) is 53.8 Å². The number of nitrogens with zero attached hydrogens (tertiary/aromatic N) is 6. The van der Waals surface area contributed by atoms with E-state index in [9.17, 15) is 23.1 Å². The maximum atomic E-state index is 14.3. The number of aryl methyl sites for hydroxylation is 1. The third-order valence-corrected chi connectivity index (χ3v) is 11.2. The number of anilines is 2. The topological polar surface area (TPSA) is 144 Å². The number of amides is 1. The number of ether oxygens (including phenoxy) is 2. The number of hydrogen-bond acceptors (Lipinski definition) is 10. The molecule has 1 aromatic carbocycles. The highest BCUT2D eigenvalue weighted by atomic mass is 35.5. The fourth-order valence-electron chi connectivity index (χ4n) is 8.44. The van der Waals surface area contributed by atoms with Crippen molar-refractivity contribution in [1.82, 2.24) is 30.0 Å². The Kier molecular flexibility index (Phi) is 7.68. The van der Waals surface area contributed by atoms with Crippen LogP contribution in [0.15, 0.2) is 12.1 Å².